The van der Waals surface area contributed by atoms with E-state index in [0.717, 1.165) is 27.7 Å². The summed E-state index contributed by atoms with van der Waals surface area (Å²) in [5, 5.41) is 16.1. The van der Waals surface area contributed by atoms with Gasteiger partial charge in [-0.2, -0.15) is 0 Å². The smallest absolute Gasteiger partial charge is 0.310 e. The van der Waals surface area contributed by atoms with Gasteiger partial charge in [0.1, 0.15) is 11.7 Å². The Bertz CT molecular complexity index is 1060. The van der Waals surface area contributed by atoms with Crippen LogP contribution in [0.3, 0.4) is 0 Å². The van der Waals surface area contributed by atoms with Crippen molar-refractivity contribution >= 4 is 28.5 Å². The summed E-state index contributed by atoms with van der Waals surface area (Å²) in [4.78, 5) is 15.7. The highest BCUT2D eigenvalue weighted by atomic mass is 16.5. The molecule has 0 aliphatic carbocycles. The van der Waals surface area contributed by atoms with Crippen molar-refractivity contribution in [2.75, 3.05) is 0 Å². The highest BCUT2D eigenvalue weighted by molar-refractivity contribution is 6.01. The Morgan fingerprint density at radius 3 is 2.21 bits per heavy atom. The molecule has 0 fully saturated rings. The van der Waals surface area contributed by atoms with Gasteiger partial charge in [0.25, 0.3) is 0 Å². The van der Waals surface area contributed by atoms with Crippen LogP contribution in [0, 0.1) is 10.8 Å². The van der Waals surface area contributed by atoms with Crippen LogP contribution in [0.25, 0.3) is 22.2 Å². The molecular weight excluding hydrogens is 354 g/mol. The van der Waals surface area contributed by atoms with Gasteiger partial charge in [0.05, 0.1) is 18.2 Å². The molecule has 7 nitrogen and oxygen atoms in total. The number of nitrogens with two attached hydrogens (primary N) is 2. The number of amidine groups is 2. The van der Waals surface area contributed by atoms with Crippen molar-refractivity contribution in [2.45, 2.75) is 26.4 Å². The van der Waals surface area contributed by atoms with Crippen molar-refractivity contribution in [2.24, 2.45) is 11.5 Å². The van der Waals surface area contributed by atoms with E-state index in [1.54, 1.807) is 24.3 Å². The minimum absolute atomic E-state index is 0.00460. The zero-order chi connectivity index (χ0) is 20.4. The van der Waals surface area contributed by atoms with Crippen LogP contribution < -0.4 is 11.5 Å². The molecule has 0 spiro atoms. The molecule has 3 rings (SSSR count). The molecule has 0 amide bonds. The summed E-state index contributed by atoms with van der Waals surface area (Å²) in [6.07, 6.45) is -0.0817. The molecule has 3 aromatic rings. The molecule has 144 valence electrons. The maximum atomic E-state index is 12.3. The zero-order valence-corrected chi connectivity index (χ0v) is 15.8. The first kappa shape index (κ1) is 19.2. The Morgan fingerprint density at radius 1 is 1.04 bits per heavy atom. The van der Waals surface area contributed by atoms with Gasteiger partial charge < -0.3 is 21.2 Å². The lowest BCUT2D eigenvalue weighted by atomic mass is 10.0. The number of rotatable bonds is 6. The number of aromatic amines is 1. The van der Waals surface area contributed by atoms with Gasteiger partial charge in [0.15, 0.2) is 0 Å². The van der Waals surface area contributed by atoms with Crippen LogP contribution in [0.2, 0.25) is 0 Å². The third-order valence-corrected chi connectivity index (χ3v) is 4.39. The number of carbonyl (C=O) groups is 1. The van der Waals surface area contributed by atoms with E-state index in [1.165, 1.54) is 0 Å². The predicted octanol–water partition coefficient (Wildman–Crippen LogP) is 2.90. The second-order valence-corrected chi connectivity index (χ2v) is 6.86. The number of aromatic nitrogens is 1. The fourth-order valence-electron chi connectivity index (χ4n) is 3.12. The molecule has 7 heteroatoms. The highest BCUT2D eigenvalue weighted by Crippen LogP contribution is 2.32. The molecule has 0 aliphatic rings. The van der Waals surface area contributed by atoms with Crippen molar-refractivity contribution < 1.29 is 9.53 Å². The van der Waals surface area contributed by atoms with E-state index in [1.807, 2.05) is 32.0 Å². The molecule has 0 aliphatic heterocycles. The van der Waals surface area contributed by atoms with E-state index in [2.05, 4.69) is 4.98 Å². The quantitative estimate of drug-likeness (QED) is 0.256. The molecule has 1 aromatic heterocycles. The molecule has 0 saturated carbocycles. The molecule has 0 bridgehead atoms. The molecule has 0 unspecified atom stereocenters. The Balaban J connectivity index is 2.12. The monoisotopic (exact) mass is 377 g/mol. The highest BCUT2D eigenvalue weighted by Gasteiger charge is 2.18. The molecule has 1 heterocycles. The summed E-state index contributed by atoms with van der Waals surface area (Å²) in [6.45, 7) is 3.63. The lowest BCUT2D eigenvalue weighted by molar-refractivity contribution is -0.146. The summed E-state index contributed by atoms with van der Waals surface area (Å²) >= 11 is 0. The van der Waals surface area contributed by atoms with E-state index in [9.17, 15) is 4.79 Å². The van der Waals surface area contributed by atoms with E-state index in [-0.39, 0.29) is 30.2 Å². The van der Waals surface area contributed by atoms with Crippen LogP contribution >= 0.6 is 0 Å². The number of H-pyrrole nitrogens is 1. The minimum Gasteiger partial charge on any atom is -0.463 e. The summed E-state index contributed by atoms with van der Waals surface area (Å²) in [5.74, 6) is -0.340. The van der Waals surface area contributed by atoms with Crippen LogP contribution in [0.5, 0.6) is 0 Å². The number of nitrogen functional groups attached to an aromatic ring is 2. The predicted molar refractivity (Wildman–Crippen MR) is 111 cm³/mol. The molecule has 0 saturated heterocycles. The maximum Gasteiger partial charge on any atom is 0.310 e. The third-order valence-electron chi connectivity index (χ3n) is 4.39. The van der Waals surface area contributed by atoms with Gasteiger partial charge in [0, 0.05) is 22.0 Å². The van der Waals surface area contributed by atoms with Gasteiger partial charge in [-0.25, -0.2) is 0 Å². The van der Waals surface area contributed by atoms with Crippen LogP contribution in [0.1, 0.15) is 30.5 Å². The van der Waals surface area contributed by atoms with E-state index in [0.29, 0.717) is 11.1 Å². The van der Waals surface area contributed by atoms with Gasteiger partial charge in [-0.05, 0) is 31.0 Å². The largest absolute Gasteiger partial charge is 0.463 e. The fourth-order valence-corrected chi connectivity index (χ4v) is 3.12. The Labute approximate surface area is 162 Å². The van der Waals surface area contributed by atoms with Crippen molar-refractivity contribution in [1.29, 1.82) is 10.8 Å². The van der Waals surface area contributed by atoms with Crippen molar-refractivity contribution in [3.63, 3.8) is 0 Å². The van der Waals surface area contributed by atoms with E-state index >= 15 is 0 Å². The van der Waals surface area contributed by atoms with E-state index < -0.39 is 0 Å². The van der Waals surface area contributed by atoms with Crippen molar-refractivity contribution in [3.05, 3.63) is 59.2 Å². The first-order chi connectivity index (χ1) is 13.3. The summed E-state index contributed by atoms with van der Waals surface area (Å²) in [5.41, 5.74) is 15.6. The number of benzene rings is 2. The Morgan fingerprint density at radius 2 is 1.64 bits per heavy atom. The first-order valence-corrected chi connectivity index (χ1v) is 8.89. The van der Waals surface area contributed by atoms with Crippen molar-refractivity contribution in [3.8, 4) is 11.3 Å². The van der Waals surface area contributed by atoms with Gasteiger partial charge in [-0.3, -0.25) is 15.6 Å². The lowest BCUT2D eigenvalue weighted by Gasteiger charge is -2.09. The van der Waals surface area contributed by atoms with Crippen LogP contribution in [0.4, 0.5) is 0 Å². The Kier molecular flexibility index (Phi) is 5.17. The third kappa shape index (κ3) is 3.88. The summed E-state index contributed by atoms with van der Waals surface area (Å²) in [7, 11) is 0. The number of nitrogens with one attached hydrogen (secondary N) is 3. The average molecular weight is 377 g/mol. The van der Waals surface area contributed by atoms with Gasteiger partial charge in [-0.1, -0.05) is 36.4 Å². The minimum atomic E-state index is -0.312. The molecule has 0 radical (unpaired) electrons. The van der Waals surface area contributed by atoms with Crippen LogP contribution in [-0.2, 0) is 16.0 Å². The first-order valence-electron chi connectivity index (χ1n) is 8.89. The van der Waals surface area contributed by atoms with Gasteiger partial charge in [-0.15, -0.1) is 0 Å². The maximum absolute atomic E-state index is 12.3. The zero-order valence-electron chi connectivity index (χ0n) is 15.8. The molecule has 28 heavy (non-hydrogen) atoms. The lowest BCUT2D eigenvalue weighted by Crippen LogP contribution is -2.14. The number of fused-ring (bicyclic) bond motifs is 1. The molecule has 0 atom stereocenters. The second kappa shape index (κ2) is 7.56. The Hall–Kier alpha value is -3.61. The normalized spacial score (nSPS) is 11.0. The molecule has 2 aromatic carbocycles. The van der Waals surface area contributed by atoms with Gasteiger partial charge in [0.2, 0.25) is 0 Å². The topological polar surface area (TPSA) is 142 Å². The number of hydrogen-bond acceptors (Lipinski definition) is 4. The molecule has 7 N–H and O–H groups in total. The standard InChI is InChI=1S/C21H23N5O2/c1-11(2)28-18(27)10-16-15-8-7-14(21(24)25)9-17(15)26-19(16)12-3-5-13(6-4-12)20(22)23/h3-9,11,26H,10H2,1-2H3,(H3,22,23)(H3,24,25). The van der Waals surface area contributed by atoms with E-state index in [4.69, 9.17) is 27.0 Å². The number of hydrogen-bond donors (Lipinski definition) is 5. The second-order valence-electron chi connectivity index (χ2n) is 6.86. The summed E-state index contributed by atoms with van der Waals surface area (Å²) < 4.78 is 5.32. The SMILES string of the molecule is CC(C)OC(=O)Cc1c(-c2ccc(C(=N)N)cc2)[nH]c2cc(C(=N)N)ccc12. The van der Waals surface area contributed by atoms with Gasteiger partial charge >= 0.3 is 5.97 Å². The van der Waals surface area contributed by atoms with Crippen LogP contribution in [-0.4, -0.2) is 28.7 Å². The van der Waals surface area contributed by atoms with Crippen LogP contribution in [0.15, 0.2) is 42.5 Å². The number of esters is 1. The molecular formula is C21H23N5O2. The van der Waals surface area contributed by atoms with Crippen molar-refractivity contribution in [1.82, 2.24) is 4.98 Å². The summed E-state index contributed by atoms with van der Waals surface area (Å²) in [6, 6.07) is 12.6. The fraction of sp³-hybridized carbons (Fsp3) is 0.190. The number of carbonyl (C=O) groups excluding carboxylic acids is 1. The number of ether oxygens (including phenoxy) is 1. The average Bonchev–Trinajstić information content (AvgIpc) is 2.98.